The number of aryl methyl sites for hydroxylation is 1. The van der Waals surface area contributed by atoms with Gasteiger partial charge in [-0.2, -0.15) is 0 Å². The van der Waals surface area contributed by atoms with Crippen LogP contribution in [0.5, 0.6) is 0 Å². The summed E-state index contributed by atoms with van der Waals surface area (Å²) < 4.78 is 10.4. The number of furan rings is 1. The maximum atomic E-state index is 12.4. The van der Waals surface area contributed by atoms with Gasteiger partial charge in [0.25, 0.3) is 5.91 Å². The summed E-state index contributed by atoms with van der Waals surface area (Å²) in [6.45, 7) is 2.49. The molecule has 0 saturated carbocycles. The summed E-state index contributed by atoms with van der Waals surface area (Å²) in [4.78, 5) is 24.3. The zero-order chi connectivity index (χ0) is 19.8. The molecule has 6 nitrogen and oxygen atoms in total. The molecular formula is C22H22N2O4. The molecule has 0 fully saturated rings. The lowest BCUT2D eigenvalue weighted by molar-refractivity contribution is -0.124. The molecule has 2 N–H and O–H groups in total. The molecule has 28 heavy (non-hydrogen) atoms. The largest absolute Gasteiger partial charge is 0.467 e. The van der Waals surface area contributed by atoms with Crippen LogP contribution in [0.4, 0.5) is 5.69 Å². The third-order valence-electron chi connectivity index (χ3n) is 4.12. The van der Waals surface area contributed by atoms with Gasteiger partial charge in [-0.1, -0.05) is 42.0 Å². The predicted molar refractivity (Wildman–Crippen MR) is 106 cm³/mol. The summed E-state index contributed by atoms with van der Waals surface area (Å²) >= 11 is 0. The van der Waals surface area contributed by atoms with E-state index in [-0.39, 0.29) is 12.5 Å². The Morgan fingerprint density at radius 3 is 2.50 bits per heavy atom. The Bertz CT molecular complexity index is 918. The molecule has 0 aliphatic heterocycles. The van der Waals surface area contributed by atoms with Crippen molar-refractivity contribution in [3.8, 4) is 0 Å². The molecule has 6 heteroatoms. The zero-order valence-electron chi connectivity index (χ0n) is 15.6. The van der Waals surface area contributed by atoms with Crippen molar-refractivity contribution >= 4 is 17.6 Å². The van der Waals surface area contributed by atoms with E-state index in [1.807, 2.05) is 43.3 Å². The quantitative estimate of drug-likeness (QED) is 0.585. The van der Waals surface area contributed by atoms with Crippen molar-refractivity contribution in [2.24, 2.45) is 0 Å². The first kappa shape index (κ1) is 19.2. The van der Waals surface area contributed by atoms with E-state index in [9.17, 15) is 9.59 Å². The molecule has 1 aromatic heterocycles. The lowest BCUT2D eigenvalue weighted by atomic mass is 10.1. The minimum absolute atomic E-state index is 0.336. The lowest BCUT2D eigenvalue weighted by Gasteiger charge is -2.11. The van der Waals surface area contributed by atoms with Crippen LogP contribution in [0.25, 0.3) is 0 Å². The summed E-state index contributed by atoms with van der Waals surface area (Å²) in [5.41, 5.74) is 3.12. The van der Waals surface area contributed by atoms with Crippen LogP contribution in [0.1, 0.15) is 27.2 Å². The highest BCUT2D eigenvalue weighted by atomic mass is 16.5. The number of carbonyl (C=O) groups excluding carboxylic acids is 2. The highest BCUT2D eigenvalue weighted by Crippen LogP contribution is 2.17. The van der Waals surface area contributed by atoms with Gasteiger partial charge in [-0.05, 0) is 36.8 Å². The maximum Gasteiger partial charge on any atom is 0.340 e. The van der Waals surface area contributed by atoms with Gasteiger partial charge in [0, 0.05) is 12.2 Å². The second-order valence-corrected chi connectivity index (χ2v) is 6.32. The van der Waals surface area contributed by atoms with E-state index in [2.05, 4.69) is 10.6 Å². The van der Waals surface area contributed by atoms with Crippen LogP contribution in [0.3, 0.4) is 0 Å². The molecule has 2 aromatic carbocycles. The molecule has 0 bridgehead atoms. The molecule has 0 spiro atoms. The van der Waals surface area contributed by atoms with Gasteiger partial charge in [0.05, 0.1) is 18.4 Å². The molecule has 0 saturated heterocycles. The van der Waals surface area contributed by atoms with Gasteiger partial charge in [-0.15, -0.1) is 0 Å². The number of esters is 1. The SMILES string of the molecule is Cc1ccc(CNC(=O)COC(=O)c2ccccc2NCc2ccco2)cc1. The number of anilines is 1. The molecule has 144 valence electrons. The van der Waals surface area contributed by atoms with Gasteiger partial charge < -0.3 is 19.8 Å². The fraction of sp³-hybridized carbons (Fsp3) is 0.182. The van der Waals surface area contributed by atoms with Crippen LogP contribution in [0, 0.1) is 6.92 Å². The molecule has 0 atom stereocenters. The van der Waals surface area contributed by atoms with Crippen molar-refractivity contribution in [2.45, 2.75) is 20.0 Å². The Balaban J connectivity index is 1.50. The van der Waals surface area contributed by atoms with Crippen LogP contribution >= 0.6 is 0 Å². The number of ether oxygens (including phenoxy) is 1. The lowest BCUT2D eigenvalue weighted by Crippen LogP contribution is -2.28. The van der Waals surface area contributed by atoms with E-state index < -0.39 is 5.97 Å². The highest BCUT2D eigenvalue weighted by molar-refractivity contribution is 5.96. The van der Waals surface area contributed by atoms with Gasteiger partial charge in [-0.25, -0.2) is 4.79 Å². The summed E-state index contributed by atoms with van der Waals surface area (Å²) in [6, 6.07) is 18.5. The van der Waals surface area contributed by atoms with Crippen molar-refractivity contribution in [1.29, 1.82) is 0 Å². The minimum Gasteiger partial charge on any atom is -0.467 e. The van der Waals surface area contributed by atoms with E-state index in [0.29, 0.717) is 24.3 Å². The molecule has 0 unspecified atom stereocenters. The summed E-state index contributed by atoms with van der Waals surface area (Å²) in [7, 11) is 0. The van der Waals surface area contributed by atoms with Gasteiger partial charge >= 0.3 is 5.97 Å². The molecule has 0 aliphatic rings. The fourth-order valence-electron chi connectivity index (χ4n) is 2.58. The first-order valence-corrected chi connectivity index (χ1v) is 8.96. The van der Waals surface area contributed by atoms with Crippen molar-refractivity contribution in [3.63, 3.8) is 0 Å². The number of benzene rings is 2. The van der Waals surface area contributed by atoms with Crippen LogP contribution < -0.4 is 10.6 Å². The summed E-state index contributed by atoms with van der Waals surface area (Å²) in [5, 5.41) is 5.88. The first-order valence-electron chi connectivity index (χ1n) is 8.96. The fourth-order valence-corrected chi connectivity index (χ4v) is 2.58. The smallest absolute Gasteiger partial charge is 0.340 e. The number of carbonyl (C=O) groups is 2. The van der Waals surface area contributed by atoms with E-state index in [1.165, 1.54) is 0 Å². The highest BCUT2D eigenvalue weighted by Gasteiger charge is 2.14. The predicted octanol–water partition coefficient (Wildman–Crippen LogP) is 3.67. The Morgan fingerprint density at radius 2 is 1.75 bits per heavy atom. The van der Waals surface area contributed by atoms with Crippen molar-refractivity contribution < 1.29 is 18.7 Å². The Kier molecular flexibility index (Phi) is 6.46. The number of nitrogens with one attached hydrogen (secondary N) is 2. The minimum atomic E-state index is -0.562. The average molecular weight is 378 g/mol. The Morgan fingerprint density at radius 1 is 0.964 bits per heavy atom. The Labute approximate surface area is 163 Å². The second-order valence-electron chi connectivity index (χ2n) is 6.32. The number of hydrogen-bond donors (Lipinski definition) is 2. The standard InChI is InChI=1S/C22H22N2O4/c1-16-8-10-17(11-9-16)13-24-21(25)15-28-22(26)19-6-2-3-7-20(19)23-14-18-5-4-12-27-18/h2-12,23H,13-15H2,1H3,(H,24,25). The number of hydrogen-bond acceptors (Lipinski definition) is 5. The number of rotatable bonds is 8. The summed E-state index contributed by atoms with van der Waals surface area (Å²) in [6.07, 6.45) is 1.59. The van der Waals surface area contributed by atoms with Gasteiger partial charge in [-0.3, -0.25) is 4.79 Å². The number of para-hydroxylation sites is 1. The van der Waals surface area contributed by atoms with Gasteiger partial charge in [0.15, 0.2) is 6.61 Å². The molecular weight excluding hydrogens is 356 g/mol. The third-order valence-corrected chi connectivity index (χ3v) is 4.12. The average Bonchev–Trinajstić information content (AvgIpc) is 3.24. The topological polar surface area (TPSA) is 80.6 Å². The van der Waals surface area contributed by atoms with E-state index in [0.717, 1.165) is 16.9 Å². The number of amides is 1. The van der Waals surface area contributed by atoms with Crippen LogP contribution in [-0.4, -0.2) is 18.5 Å². The van der Waals surface area contributed by atoms with Crippen molar-refractivity contribution in [2.75, 3.05) is 11.9 Å². The summed E-state index contributed by atoms with van der Waals surface area (Å²) in [5.74, 6) is -0.165. The van der Waals surface area contributed by atoms with Gasteiger partial charge in [0.1, 0.15) is 5.76 Å². The van der Waals surface area contributed by atoms with E-state index >= 15 is 0 Å². The first-order chi connectivity index (χ1) is 13.6. The molecule has 1 heterocycles. The second kappa shape index (κ2) is 9.41. The van der Waals surface area contributed by atoms with Gasteiger partial charge in [0.2, 0.25) is 0 Å². The molecule has 3 aromatic rings. The normalized spacial score (nSPS) is 10.3. The molecule has 0 aliphatic carbocycles. The van der Waals surface area contributed by atoms with Crippen molar-refractivity contribution in [3.05, 3.63) is 89.4 Å². The molecule has 0 radical (unpaired) electrons. The third kappa shape index (κ3) is 5.48. The van der Waals surface area contributed by atoms with E-state index in [1.54, 1.807) is 30.5 Å². The zero-order valence-corrected chi connectivity index (χ0v) is 15.6. The van der Waals surface area contributed by atoms with Crippen LogP contribution in [0.15, 0.2) is 71.3 Å². The molecule has 3 rings (SSSR count). The Hall–Kier alpha value is -3.54. The van der Waals surface area contributed by atoms with Crippen LogP contribution in [0.2, 0.25) is 0 Å². The van der Waals surface area contributed by atoms with Crippen LogP contribution in [-0.2, 0) is 22.6 Å². The van der Waals surface area contributed by atoms with E-state index in [4.69, 9.17) is 9.15 Å². The monoisotopic (exact) mass is 378 g/mol. The maximum absolute atomic E-state index is 12.4. The molecule has 1 amide bonds. The van der Waals surface area contributed by atoms with Crippen molar-refractivity contribution in [1.82, 2.24) is 5.32 Å².